The number of fused-ring (bicyclic) bond motifs is 5. The van der Waals surface area contributed by atoms with Crippen LogP contribution in [0.2, 0.25) is 0 Å². The van der Waals surface area contributed by atoms with Gasteiger partial charge < -0.3 is 15.6 Å². The van der Waals surface area contributed by atoms with Crippen LogP contribution in [-0.4, -0.2) is 16.9 Å². The summed E-state index contributed by atoms with van der Waals surface area (Å²) in [7, 11) is 0. The van der Waals surface area contributed by atoms with Gasteiger partial charge in [-0.1, -0.05) is 67.8 Å². The molecule has 0 amide bonds. The van der Waals surface area contributed by atoms with Gasteiger partial charge in [-0.3, -0.25) is 4.79 Å². The number of para-hydroxylation sites is 1. The highest BCUT2D eigenvalue weighted by molar-refractivity contribution is 6.17. The van der Waals surface area contributed by atoms with Gasteiger partial charge in [0.1, 0.15) is 12.0 Å². The van der Waals surface area contributed by atoms with E-state index >= 15 is 0 Å². The smallest absolute Gasteiger partial charge is 0.335 e. The number of nitrogen functional groups attached to an aromatic ring is 1. The van der Waals surface area contributed by atoms with Crippen LogP contribution >= 0.6 is 0 Å². The Kier molecular flexibility index (Phi) is 7.45. The van der Waals surface area contributed by atoms with Crippen LogP contribution in [0.15, 0.2) is 78.1 Å². The SMILES string of the molecule is CCCCCc1cc(N)cc2ccc3c(c12)C(=O)CC1=C3C=CCC1.O=C(O)C1=COc2ccccc2C1. The Morgan fingerprint density at radius 1 is 1.08 bits per heavy atom. The second-order valence-corrected chi connectivity index (χ2v) is 10.1. The lowest BCUT2D eigenvalue weighted by molar-refractivity contribution is -0.132. The maximum atomic E-state index is 13.0. The third kappa shape index (κ3) is 5.14. The number of ether oxygens (including phenoxy) is 1. The molecule has 6 rings (SSSR count). The lowest BCUT2D eigenvalue weighted by Crippen LogP contribution is -2.14. The van der Waals surface area contributed by atoms with Gasteiger partial charge in [-0.15, -0.1) is 0 Å². The van der Waals surface area contributed by atoms with Crippen molar-refractivity contribution in [1.29, 1.82) is 0 Å². The van der Waals surface area contributed by atoms with Crippen molar-refractivity contribution >= 4 is 33.8 Å². The van der Waals surface area contributed by atoms with Crippen molar-refractivity contribution < 1.29 is 19.4 Å². The molecule has 0 aromatic heterocycles. The second-order valence-electron chi connectivity index (χ2n) is 10.1. The molecule has 194 valence electrons. The van der Waals surface area contributed by atoms with Gasteiger partial charge in [0.2, 0.25) is 0 Å². The van der Waals surface area contributed by atoms with E-state index in [0.29, 0.717) is 18.4 Å². The average molecular weight is 508 g/mol. The van der Waals surface area contributed by atoms with Gasteiger partial charge in [-0.05, 0) is 76.9 Å². The number of benzene rings is 3. The summed E-state index contributed by atoms with van der Waals surface area (Å²) in [6.45, 7) is 2.21. The van der Waals surface area contributed by atoms with Gasteiger partial charge in [0.05, 0.1) is 5.57 Å². The number of allylic oxidation sites excluding steroid dienone is 4. The van der Waals surface area contributed by atoms with Crippen molar-refractivity contribution in [1.82, 2.24) is 0 Å². The van der Waals surface area contributed by atoms with Gasteiger partial charge in [0, 0.05) is 24.1 Å². The molecule has 38 heavy (non-hydrogen) atoms. The monoisotopic (exact) mass is 507 g/mol. The molecule has 0 bridgehead atoms. The van der Waals surface area contributed by atoms with Crippen LogP contribution < -0.4 is 10.5 Å². The molecule has 0 spiro atoms. The van der Waals surface area contributed by atoms with Gasteiger partial charge in [0.25, 0.3) is 0 Å². The average Bonchev–Trinajstić information content (AvgIpc) is 2.93. The molecule has 0 unspecified atom stereocenters. The minimum atomic E-state index is -0.922. The van der Waals surface area contributed by atoms with Crippen LogP contribution in [0.3, 0.4) is 0 Å². The highest BCUT2D eigenvalue weighted by Crippen LogP contribution is 2.41. The van der Waals surface area contributed by atoms with Gasteiger partial charge >= 0.3 is 5.97 Å². The fraction of sp³-hybridized carbons (Fsp3) is 0.273. The third-order valence-electron chi connectivity index (χ3n) is 7.45. The Morgan fingerprint density at radius 3 is 2.74 bits per heavy atom. The standard InChI is InChI=1S/C23H25NO.C10H8O3/c1-2-3-4-8-16-12-18(24)13-17-10-11-20-19-9-6-5-7-15(19)14-21(25)23(20)22(16)17;11-10(12)8-5-7-3-1-2-4-9(7)13-6-8/h6,9-13H,2-5,7-8,14,24H2,1H3;1-4,6H,5H2,(H,11,12). The number of carbonyl (C=O) groups is 2. The van der Waals surface area contributed by atoms with Crippen molar-refractivity contribution in [3.05, 3.63) is 100 Å². The number of aliphatic carboxylic acids is 1. The zero-order valence-corrected chi connectivity index (χ0v) is 21.8. The summed E-state index contributed by atoms with van der Waals surface area (Å²) in [6, 6.07) is 15.8. The number of unbranched alkanes of at least 4 members (excludes halogenated alkanes) is 2. The molecule has 1 heterocycles. The minimum absolute atomic E-state index is 0.274. The van der Waals surface area contributed by atoms with E-state index in [1.807, 2.05) is 30.3 Å². The van der Waals surface area contributed by atoms with Crippen molar-refractivity contribution in [2.75, 3.05) is 5.73 Å². The van der Waals surface area contributed by atoms with Gasteiger partial charge in [0.15, 0.2) is 5.78 Å². The zero-order chi connectivity index (χ0) is 26.6. The summed E-state index contributed by atoms with van der Waals surface area (Å²) < 4.78 is 5.15. The first-order valence-corrected chi connectivity index (χ1v) is 13.4. The molecule has 3 aromatic carbocycles. The van der Waals surface area contributed by atoms with Crippen molar-refractivity contribution in [2.24, 2.45) is 0 Å². The first-order chi connectivity index (χ1) is 18.5. The van der Waals surface area contributed by atoms with Crippen molar-refractivity contribution in [3.63, 3.8) is 0 Å². The molecule has 0 saturated carbocycles. The van der Waals surface area contributed by atoms with Gasteiger partial charge in [-0.2, -0.15) is 0 Å². The Hall–Kier alpha value is -4.12. The Bertz CT molecular complexity index is 1510. The molecule has 3 aliphatic rings. The third-order valence-corrected chi connectivity index (χ3v) is 7.45. The molecule has 0 saturated heterocycles. The van der Waals surface area contributed by atoms with Crippen LogP contribution in [0, 0.1) is 0 Å². The number of anilines is 1. The highest BCUT2D eigenvalue weighted by Gasteiger charge is 2.27. The molecule has 0 radical (unpaired) electrons. The van der Waals surface area contributed by atoms with Crippen molar-refractivity contribution in [3.8, 4) is 5.75 Å². The van der Waals surface area contributed by atoms with E-state index in [0.717, 1.165) is 64.6 Å². The van der Waals surface area contributed by atoms with E-state index in [9.17, 15) is 9.59 Å². The van der Waals surface area contributed by atoms with E-state index < -0.39 is 5.97 Å². The van der Waals surface area contributed by atoms with Crippen LogP contribution in [-0.2, 0) is 17.6 Å². The fourth-order valence-corrected chi connectivity index (χ4v) is 5.59. The Balaban J connectivity index is 0.000000190. The van der Waals surface area contributed by atoms with Crippen LogP contribution in [0.25, 0.3) is 16.3 Å². The number of aryl methyl sites for hydroxylation is 1. The highest BCUT2D eigenvalue weighted by atomic mass is 16.5. The summed E-state index contributed by atoms with van der Waals surface area (Å²) >= 11 is 0. The van der Waals surface area contributed by atoms with E-state index in [1.165, 1.54) is 35.8 Å². The number of hydrogen-bond acceptors (Lipinski definition) is 4. The van der Waals surface area contributed by atoms with Crippen molar-refractivity contribution in [2.45, 2.75) is 58.3 Å². The number of nitrogens with two attached hydrogens (primary N) is 1. The van der Waals surface area contributed by atoms with Crippen LogP contribution in [0.4, 0.5) is 5.69 Å². The van der Waals surface area contributed by atoms with E-state index in [1.54, 1.807) is 0 Å². The molecule has 3 aromatic rings. The molecule has 2 aliphatic carbocycles. The molecule has 5 heteroatoms. The number of rotatable bonds is 5. The maximum absolute atomic E-state index is 13.0. The van der Waals surface area contributed by atoms with Gasteiger partial charge in [-0.25, -0.2) is 4.79 Å². The Labute approximate surface area is 223 Å². The Morgan fingerprint density at radius 2 is 1.92 bits per heavy atom. The minimum Gasteiger partial charge on any atom is -0.478 e. The van der Waals surface area contributed by atoms with E-state index in [4.69, 9.17) is 15.6 Å². The van der Waals surface area contributed by atoms with E-state index in [2.05, 4.69) is 37.3 Å². The summed E-state index contributed by atoms with van der Waals surface area (Å²) in [4.78, 5) is 23.6. The number of Topliss-reactive ketones (excluding diaryl/α,β-unsaturated/α-hetero) is 1. The quantitative estimate of drug-likeness (QED) is 0.277. The van der Waals surface area contributed by atoms with E-state index in [-0.39, 0.29) is 5.78 Å². The molecule has 0 fully saturated rings. The fourth-order valence-electron chi connectivity index (χ4n) is 5.59. The predicted octanol–water partition coefficient (Wildman–Crippen LogP) is 7.43. The topological polar surface area (TPSA) is 89.6 Å². The molecular weight excluding hydrogens is 474 g/mol. The number of ketones is 1. The molecule has 3 N–H and O–H groups in total. The molecule has 0 atom stereocenters. The molecule has 5 nitrogen and oxygen atoms in total. The largest absolute Gasteiger partial charge is 0.478 e. The normalized spacial score (nSPS) is 15.5. The van der Waals surface area contributed by atoms with Crippen LogP contribution in [0.1, 0.15) is 72.5 Å². The number of hydrogen-bond donors (Lipinski definition) is 2. The lowest BCUT2D eigenvalue weighted by Gasteiger charge is -2.25. The summed E-state index contributed by atoms with van der Waals surface area (Å²) in [6.07, 6.45) is 13.3. The summed E-state index contributed by atoms with van der Waals surface area (Å²) in [5.74, 6) is 0.0955. The second kappa shape index (κ2) is 11.1. The first-order valence-electron chi connectivity index (χ1n) is 13.4. The zero-order valence-electron chi connectivity index (χ0n) is 21.8. The number of carboxylic acid groups (broad SMARTS) is 1. The van der Waals surface area contributed by atoms with Crippen LogP contribution in [0.5, 0.6) is 5.75 Å². The number of carboxylic acids is 1. The predicted molar refractivity (Wildman–Crippen MR) is 152 cm³/mol. The molecular formula is C33H33NO4. The first kappa shape index (κ1) is 25.5. The summed E-state index contributed by atoms with van der Waals surface area (Å²) in [5, 5.41) is 11.0. The molecule has 1 aliphatic heterocycles. The number of carbonyl (C=O) groups excluding carboxylic acids is 1. The lowest BCUT2D eigenvalue weighted by atomic mass is 9.78. The maximum Gasteiger partial charge on any atom is 0.335 e. The summed E-state index contributed by atoms with van der Waals surface area (Å²) in [5.41, 5.74) is 14.0.